The molecule has 118 valence electrons. The van der Waals surface area contributed by atoms with Crippen LogP contribution in [0.2, 0.25) is 0 Å². The molecule has 0 bridgehead atoms. The Hall–Kier alpha value is -0.930. The summed E-state index contributed by atoms with van der Waals surface area (Å²) in [6.45, 7) is 3.39. The van der Waals surface area contributed by atoms with Crippen LogP contribution in [-0.2, 0) is 6.42 Å². The van der Waals surface area contributed by atoms with E-state index in [-0.39, 0.29) is 0 Å². The maximum atomic E-state index is 6.05. The van der Waals surface area contributed by atoms with E-state index in [0.717, 1.165) is 36.9 Å². The fourth-order valence-electron chi connectivity index (χ4n) is 2.94. The van der Waals surface area contributed by atoms with Gasteiger partial charge in [-0.15, -0.1) is 11.6 Å². The monoisotopic (exact) mass is 311 g/mol. The minimum Gasteiger partial charge on any atom is -0.497 e. The Bertz CT molecular complexity index is 417. The van der Waals surface area contributed by atoms with E-state index in [2.05, 4.69) is 17.0 Å². The first-order valence-electron chi connectivity index (χ1n) is 7.75. The predicted octanol–water partition coefficient (Wildman–Crippen LogP) is 3.59. The van der Waals surface area contributed by atoms with E-state index in [1.54, 1.807) is 14.2 Å². The first-order valence-corrected chi connectivity index (χ1v) is 8.29. The summed E-state index contributed by atoms with van der Waals surface area (Å²) in [6.07, 6.45) is 4.88. The van der Waals surface area contributed by atoms with Crippen LogP contribution in [0.1, 0.15) is 24.8 Å². The summed E-state index contributed by atoms with van der Waals surface area (Å²) < 4.78 is 10.7. The highest BCUT2D eigenvalue weighted by Crippen LogP contribution is 2.23. The predicted molar refractivity (Wildman–Crippen MR) is 87.8 cm³/mol. The number of alkyl halides is 1. The Morgan fingerprint density at radius 3 is 2.48 bits per heavy atom. The van der Waals surface area contributed by atoms with Crippen LogP contribution in [-0.4, -0.2) is 44.6 Å². The van der Waals surface area contributed by atoms with Crippen LogP contribution < -0.4 is 9.47 Å². The Morgan fingerprint density at radius 1 is 1.14 bits per heavy atom. The molecule has 1 aliphatic heterocycles. The summed E-state index contributed by atoms with van der Waals surface area (Å²) in [4.78, 5) is 2.55. The highest BCUT2D eigenvalue weighted by molar-refractivity contribution is 6.18. The fraction of sp³-hybridized carbons (Fsp3) is 0.647. The van der Waals surface area contributed by atoms with Crippen molar-refractivity contribution >= 4 is 11.6 Å². The van der Waals surface area contributed by atoms with Gasteiger partial charge in [0.15, 0.2) is 0 Å². The van der Waals surface area contributed by atoms with E-state index in [4.69, 9.17) is 21.1 Å². The quantitative estimate of drug-likeness (QED) is 0.749. The lowest BCUT2D eigenvalue weighted by atomic mass is 10.1. The smallest absolute Gasteiger partial charge is 0.122 e. The lowest BCUT2D eigenvalue weighted by Gasteiger charge is -2.23. The van der Waals surface area contributed by atoms with Crippen LogP contribution >= 0.6 is 11.6 Å². The van der Waals surface area contributed by atoms with Gasteiger partial charge >= 0.3 is 0 Å². The molecule has 1 aromatic rings. The molecular weight excluding hydrogens is 286 g/mol. The number of likely N-dealkylation sites (tertiary alicyclic amines) is 1. The molecule has 1 aromatic carbocycles. The van der Waals surface area contributed by atoms with Crippen molar-refractivity contribution in [2.75, 3.05) is 39.7 Å². The van der Waals surface area contributed by atoms with Gasteiger partial charge in [0.1, 0.15) is 11.5 Å². The van der Waals surface area contributed by atoms with Gasteiger partial charge in [-0.25, -0.2) is 0 Å². The van der Waals surface area contributed by atoms with Crippen molar-refractivity contribution < 1.29 is 9.47 Å². The van der Waals surface area contributed by atoms with Gasteiger partial charge in [-0.3, -0.25) is 0 Å². The number of benzene rings is 1. The maximum absolute atomic E-state index is 6.05. The number of hydrogen-bond acceptors (Lipinski definition) is 3. The molecule has 1 unspecified atom stereocenters. The van der Waals surface area contributed by atoms with E-state index in [1.165, 1.54) is 31.4 Å². The van der Waals surface area contributed by atoms with Crippen molar-refractivity contribution in [2.45, 2.75) is 25.7 Å². The third-order valence-corrected chi connectivity index (χ3v) is 4.64. The molecule has 0 aromatic heterocycles. The Kier molecular flexibility index (Phi) is 6.65. The number of nitrogens with zero attached hydrogens (tertiary/aromatic N) is 1. The third-order valence-electron chi connectivity index (χ3n) is 4.20. The molecule has 3 nitrogen and oxygen atoms in total. The van der Waals surface area contributed by atoms with Gasteiger partial charge in [0.2, 0.25) is 0 Å². The summed E-state index contributed by atoms with van der Waals surface area (Å²) in [6, 6.07) is 6.11. The molecule has 1 fully saturated rings. The zero-order chi connectivity index (χ0) is 15.1. The van der Waals surface area contributed by atoms with Gasteiger partial charge in [0.25, 0.3) is 0 Å². The zero-order valence-electron chi connectivity index (χ0n) is 13.1. The van der Waals surface area contributed by atoms with E-state index >= 15 is 0 Å². The first kappa shape index (κ1) is 16.4. The minimum absolute atomic E-state index is 0.647. The second-order valence-corrected chi connectivity index (χ2v) is 6.10. The van der Waals surface area contributed by atoms with Crippen molar-refractivity contribution in [2.24, 2.45) is 5.92 Å². The summed E-state index contributed by atoms with van der Waals surface area (Å²) in [7, 11) is 3.39. The summed E-state index contributed by atoms with van der Waals surface area (Å²) >= 11 is 6.05. The van der Waals surface area contributed by atoms with E-state index in [0.29, 0.717) is 5.92 Å². The molecule has 0 saturated carbocycles. The maximum Gasteiger partial charge on any atom is 0.122 e. The second kappa shape index (κ2) is 8.50. The summed E-state index contributed by atoms with van der Waals surface area (Å²) in [5.74, 6) is 3.15. The molecule has 1 saturated heterocycles. The minimum atomic E-state index is 0.647. The molecule has 0 N–H and O–H groups in total. The molecule has 4 heteroatoms. The molecule has 0 aliphatic carbocycles. The Balaban J connectivity index is 1.95. The largest absolute Gasteiger partial charge is 0.497 e. The van der Waals surface area contributed by atoms with Crippen LogP contribution in [0.3, 0.4) is 0 Å². The van der Waals surface area contributed by atoms with Crippen LogP contribution in [0, 0.1) is 5.92 Å². The molecule has 0 amide bonds. The van der Waals surface area contributed by atoms with Gasteiger partial charge < -0.3 is 14.4 Å². The lowest BCUT2D eigenvalue weighted by molar-refractivity contribution is 0.260. The molecular formula is C17H26ClNO2. The van der Waals surface area contributed by atoms with Crippen LogP contribution in [0.25, 0.3) is 0 Å². The molecule has 2 rings (SSSR count). The van der Waals surface area contributed by atoms with Crippen molar-refractivity contribution in [1.29, 1.82) is 0 Å². The van der Waals surface area contributed by atoms with Gasteiger partial charge in [0.05, 0.1) is 14.2 Å². The molecule has 0 spiro atoms. The van der Waals surface area contributed by atoms with Crippen LogP contribution in [0.4, 0.5) is 0 Å². The zero-order valence-corrected chi connectivity index (χ0v) is 13.9. The number of rotatable bonds is 6. The van der Waals surface area contributed by atoms with Crippen molar-refractivity contribution in [3.63, 3.8) is 0 Å². The van der Waals surface area contributed by atoms with Crippen molar-refractivity contribution in [1.82, 2.24) is 4.90 Å². The molecule has 0 radical (unpaired) electrons. The number of ether oxygens (including phenoxy) is 2. The standard InChI is InChI=1S/C17H26ClNO2/c1-20-16-9-14(10-17(11-16)21-2)6-8-19-7-4-3-5-15(12-18)13-19/h9-11,15H,3-8,12-13H2,1-2H3. The van der Waals surface area contributed by atoms with Crippen molar-refractivity contribution in [3.05, 3.63) is 23.8 Å². The number of methoxy groups -OCH3 is 2. The number of hydrogen-bond donors (Lipinski definition) is 0. The van der Waals surface area contributed by atoms with Gasteiger partial charge in [-0.2, -0.15) is 0 Å². The molecule has 1 aliphatic rings. The Morgan fingerprint density at radius 2 is 1.86 bits per heavy atom. The van der Waals surface area contributed by atoms with Gasteiger partial charge in [0, 0.05) is 25.0 Å². The second-order valence-electron chi connectivity index (χ2n) is 5.79. The highest BCUT2D eigenvalue weighted by Gasteiger charge is 2.17. The third kappa shape index (κ3) is 5.08. The Labute approximate surface area is 133 Å². The SMILES string of the molecule is COc1cc(CCN2CCCCC(CCl)C2)cc(OC)c1. The molecule has 1 atom stereocenters. The topological polar surface area (TPSA) is 21.7 Å². The highest BCUT2D eigenvalue weighted by atomic mass is 35.5. The van der Waals surface area contributed by atoms with Crippen LogP contribution in [0.15, 0.2) is 18.2 Å². The fourth-order valence-corrected chi connectivity index (χ4v) is 3.19. The van der Waals surface area contributed by atoms with Crippen LogP contribution in [0.5, 0.6) is 11.5 Å². The van der Waals surface area contributed by atoms with E-state index in [1.807, 2.05) is 6.07 Å². The normalized spacial score (nSPS) is 20.0. The average Bonchev–Trinajstić information content (AvgIpc) is 2.77. The van der Waals surface area contributed by atoms with Gasteiger partial charge in [-0.05, 0) is 49.4 Å². The van der Waals surface area contributed by atoms with E-state index in [9.17, 15) is 0 Å². The molecule has 21 heavy (non-hydrogen) atoms. The molecule has 1 heterocycles. The van der Waals surface area contributed by atoms with Crippen molar-refractivity contribution in [3.8, 4) is 11.5 Å². The van der Waals surface area contributed by atoms with Gasteiger partial charge in [-0.1, -0.05) is 6.42 Å². The number of halogens is 1. The lowest BCUT2D eigenvalue weighted by Crippen LogP contribution is -2.31. The van der Waals surface area contributed by atoms with E-state index < -0.39 is 0 Å². The summed E-state index contributed by atoms with van der Waals surface area (Å²) in [5, 5.41) is 0. The summed E-state index contributed by atoms with van der Waals surface area (Å²) in [5.41, 5.74) is 1.26. The first-order chi connectivity index (χ1) is 10.2. The average molecular weight is 312 g/mol.